The fourth-order valence-electron chi connectivity index (χ4n) is 5.49. The van der Waals surface area contributed by atoms with E-state index in [0.29, 0.717) is 29.7 Å². The van der Waals surface area contributed by atoms with Crippen LogP contribution in [0.4, 0.5) is 19.3 Å². The van der Waals surface area contributed by atoms with Gasteiger partial charge in [0.2, 0.25) is 15.9 Å². The standard InChI is InChI=1S/C33H42F2N4O6S/c1-4-18-38(46(43,44)29-16-14-27(36)15-17-29)28(21-40)13-5-8-22(2)39(33(42)45-3)32(41)31(37)30(23-9-6-11-25(34)19-23)24-10-7-12-26(35)20-24/h6-7,9-12,14-17,19-20,22,28,30-31,40H,4-5,8,13,18,21,36-37H2,1-3H3/t22-,28-,31-/m0/s1. The minimum atomic E-state index is -3.96. The number of anilines is 1. The van der Waals surface area contributed by atoms with Gasteiger partial charge in [-0.25, -0.2) is 26.9 Å². The lowest BCUT2D eigenvalue weighted by atomic mass is 9.84. The van der Waals surface area contributed by atoms with Gasteiger partial charge in [0.1, 0.15) is 11.6 Å². The van der Waals surface area contributed by atoms with Crippen LogP contribution in [0.1, 0.15) is 56.6 Å². The van der Waals surface area contributed by atoms with Crippen molar-refractivity contribution in [3.63, 3.8) is 0 Å². The first kappa shape index (κ1) is 36.6. The number of amides is 2. The number of halogens is 2. The number of carbonyl (C=O) groups excluding carboxylic acids is 2. The van der Waals surface area contributed by atoms with E-state index in [1.807, 2.05) is 6.92 Å². The van der Waals surface area contributed by atoms with E-state index in [1.54, 1.807) is 19.1 Å². The molecule has 13 heteroatoms. The van der Waals surface area contributed by atoms with Crippen LogP contribution in [0, 0.1) is 11.6 Å². The van der Waals surface area contributed by atoms with Crippen molar-refractivity contribution in [3.05, 3.63) is 95.6 Å². The van der Waals surface area contributed by atoms with Gasteiger partial charge < -0.3 is 21.3 Å². The fourth-order valence-corrected chi connectivity index (χ4v) is 7.23. The Morgan fingerprint density at radius 1 is 0.957 bits per heavy atom. The number of hydrogen-bond acceptors (Lipinski definition) is 8. The van der Waals surface area contributed by atoms with Crippen molar-refractivity contribution in [3.8, 4) is 0 Å². The first-order chi connectivity index (χ1) is 21.8. The second-order valence-electron chi connectivity index (χ2n) is 11.1. The maximum atomic E-state index is 14.2. The molecular formula is C33H42F2N4O6S. The van der Waals surface area contributed by atoms with Gasteiger partial charge in [0.15, 0.2) is 0 Å². The van der Waals surface area contributed by atoms with Gasteiger partial charge in [-0.2, -0.15) is 4.31 Å². The zero-order chi connectivity index (χ0) is 34.0. The highest BCUT2D eigenvalue weighted by molar-refractivity contribution is 7.89. The number of benzene rings is 3. The summed E-state index contributed by atoms with van der Waals surface area (Å²) in [7, 11) is -2.84. The second-order valence-corrected chi connectivity index (χ2v) is 13.0. The van der Waals surface area contributed by atoms with Crippen LogP contribution >= 0.6 is 0 Å². The van der Waals surface area contributed by atoms with Crippen molar-refractivity contribution in [2.24, 2.45) is 5.73 Å². The molecule has 0 aromatic heterocycles. The molecule has 0 aliphatic heterocycles. The predicted molar refractivity (Wildman–Crippen MR) is 171 cm³/mol. The molecule has 46 heavy (non-hydrogen) atoms. The zero-order valence-electron chi connectivity index (χ0n) is 26.2. The maximum absolute atomic E-state index is 14.2. The number of ether oxygens (including phenoxy) is 1. The normalized spacial score (nSPS) is 13.8. The van der Waals surface area contributed by atoms with Crippen molar-refractivity contribution in [2.45, 2.75) is 68.5 Å². The van der Waals surface area contributed by atoms with Crippen LogP contribution in [-0.2, 0) is 19.6 Å². The highest BCUT2D eigenvalue weighted by atomic mass is 32.2. The number of hydrogen-bond donors (Lipinski definition) is 3. The highest BCUT2D eigenvalue weighted by Gasteiger charge is 2.37. The second kappa shape index (κ2) is 16.6. The molecule has 0 saturated carbocycles. The largest absolute Gasteiger partial charge is 0.452 e. The van der Waals surface area contributed by atoms with Gasteiger partial charge in [-0.05, 0) is 92.3 Å². The monoisotopic (exact) mass is 660 g/mol. The molecule has 0 heterocycles. The van der Waals surface area contributed by atoms with Gasteiger partial charge in [-0.1, -0.05) is 31.2 Å². The van der Waals surface area contributed by atoms with Crippen LogP contribution in [0.15, 0.2) is 77.7 Å². The van der Waals surface area contributed by atoms with E-state index < -0.39 is 64.3 Å². The summed E-state index contributed by atoms with van der Waals surface area (Å²) in [6, 6.07) is 13.7. The molecule has 0 bridgehead atoms. The fraction of sp³-hybridized carbons (Fsp3) is 0.394. The van der Waals surface area contributed by atoms with Crippen LogP contribution in [0.5, 0.6) is 0 Å². The van der Waals surface area contributed by atoms with E-state index in [0.717, 1.165) is 12.0 Å². The third-order valence-corrected chi connectivity index (χ3v) is 9.78. The number of aliphatic hydroxyl groups excluding tert-OH is 1. The lowest BCUT2D eigenvalue weighted by Gasteiger charge is -2.33. The number of methoxy groups -OCH3 is 1. The van der Waals surface area contributed by atoms with Gasteiger partial charge in [0.05, 0.1) is 24.7 Å². The molecule has 3 atom stereocenters. The van der Waals surface area contributed by atoms with E-state index in [1.165, 1.54) is 65.0 Å². The summed E-state index contributed by atoms with van der Waals surface area (Å²) < 4.78 is 61.6. The first-order valence-electron chi connectivity index (χ1n) is 15.0. The van der Waals surface area contributed by atoms with Crippen LogP contribution in [0.2, 0.25) is 0 Å². The van der Waals surface area contributed by atoms with Gasteiger partial charge in [0, 0.05) is 30.2 Å². The topological polar surface area (TPSA) is 156 Å². The van der Waals surface area contributed by atoms with Crippen molar-refractivity contribution in [1.29, 1.82) is 0 Å². The van der Waals surface area contributed by atoms with Crippen LogP contribution in [0.3, 0.4) is 0 Å². The third-order valence-electron chi connectivity index (χ3n) is 7.82. The number of nitrogens with zero attached hydrogens (tertiary/aromatic N) is 2. The molecule has 0 unspecified atom stereocenters. The lowest BCUT2D eigenvalue weighted by molar-refractivity contribution is -0.132. The van der Waals surface area contributed by atoms with E-state index >= 15 is 0 Å². The number of sulfonamides is 1. The minimum absolute atomic E-state index is 0.0459. The molecule has 0 fully saturated rings. The van der Waals surface area contributed by atoms with Crippen molar-refractivity contribution in [1.82, 2.24) is 9.21 Å². The molecule has 3 rings (SSSR count). The molecule has 0 spiro atoms. The molecule has 0 radical (unpaired) electrons. The molecule has 10 nitrogen and oxygen atoms in total. The maximum Gasteiger partial charge on any atom is 0.416 e. The van der Waals surface area contributed by atoms with Crippen molar-refractivity contribution in [2.75, 3.05) is 26.0 Å². The molecule has 250 valence electrons. The average molecular weight is 661 g/mol. The number of imide groups is 1. The summed E-state index contributed by atoms with van der Waals surface area (Å²) in [6.45, 7) is 3.16. The van der Waals surface area contributed by atoms with Crippen molar-refractivity contribution < 1.29 is 36.6 Å². The predicted octanol–water partition coefficient (Wildman–Crippen LogP) is 4.62. The van der Waals surface area contributed by atoms with Gasteiger partial charge in [-0.15, -0.1) is 0 Å². The number of carbonyl (C=O) groups is 2. The van der Waals surface area contributed by atoms with E-state index in [-0.39, 0.29) is 24.3 Å². The molecule has 0 aliphatic rings. The number of nitrogens with two attached hydrogens (primary N) is 2. The van der Waals surface area contributed by atoms with E-state index in [2.05, 4.69) is 0 Å². The SMILES string of the molecule is CCCN([C@H](CO)CCC[C@H](C)N(C(=O)OC)C(=O)[C@@H](N)C(c1cccc(F)c1)c1cccc(F)c1)S(=O)(=O)c1ccc(N)cc1. The van der Waals surface area contributed by atoms with Crippen LogP contribution in [0.25, 0.3) is 0 Å². The molecule has 5 N–H and O–H groups in total. The van der Waals surface area contributed by atoms with E-state index in [9.17, 15) is 31.9 Å². The Bertz CT molecular complexity index is 1530. The molecule has 3 aromatic carbocycles. The number of rotatable bonds is 15. The Labute approximate surface area is 269 Å². The average Bonchev–Trinajstić information content (AvgIpc) is 3.02. The lowest BCUT2D eigenvalue weighted by Crippen LogP contribution is -2.53. The number of aliphatic hydroxyl groups is 1. The summed E-state index contributed by atoms with van der Waals surface area (Å²) >= 11 is 0. The molecule has 0 saturated heterocycles. The van der Waals surface area contributed by atoms with Crippen LogP contribution in [-0.4, -0.2) is 73.1 Å². The summed E-state index contributed by atoms with van der Waals surface area (Å²) in [5.74, 6) is -2.98. The van der Waals surface area contributed by atoms with Gasteiger partial charge in [0.25, 0.3) is 0 Å². The van der Waals surface area contributed by atoms with Crippen LogP contribution < -0.4 is 11.5 Å². The first-order valence-corrected chi connectivity index (χ1v) is 16.4. The van der Waals surface area contributed by atoms with E-state index in [4.69, 9.17) is 16.2 Å². The quantitative estimate of drug-likeness (QED) is 0.200. The third kappa shape index (κ3) is 8.87. The van der Waals surface area contributed by atoms with Gasteiger partial charge >= 0.3 is 6.09 Å². The Hall–Kier alpha value is -3.91. The minimum Gasteiger partial charge on any atom is -0.452 e. The van der Waals surface area contributed by atoms with Gasteiger partial charge in [-0.3, -0.25) is 4.79 Å². The summed E-state index contributed by atoms with van der Waals surface area (Å²) in [6.07, 6.45) is 0.289. The zero-order valence-corrected chi connectivity index (χ0v) is 27.0. The summed E-state index contributed by atoms with van der Waals surface area (Å²) in [4.78, 5) is 27.7. The smallest absolute Gasteiger partial charge is 0.416 e. The molecule has 0 aliphatic carbocycles. The summed E-state index contributed by atoms with van der Waals surface area (Å²) in [5.41, 5.74) is 13.2. The van der Waals surface area contributed by atoms with Crippen molar-refractivity contribution >= 4 is 27.7 Å². The Balaban J connectivity index is 1.83. The molecule has 3 aromatic rings. The Morgan fingerprint density at radius 3 is 2.00 bits per heavy atom. The highest BCUT2D eigenvalue weighted by Crippen LogP contribution is 2.30. The Morgan fingerprint density at radius 2 is 1.52 bits per heavy atom. The summed E-state index contributed by atoms with van der Waals surface area (Å²) in [5, 5.41) is 10.2. The molecular weight excluding hydrogens is 618 g/mol. The number of nitrogen functional groups attached to an aromatic ring is 1. The molecule has 2 amide bonds. The Kier molecular flexibility index (Phi) is 13.2.